The second-order valence-corrected chi connectivity index (χ2v) is 20.2. The van der Waals surface area contributed by atoms with Crippen LogP contribution in [0.5, 0.6) is 0 Å². The van der Waals surface area contributed by atoms with Gasteiger partial charge >= 0.3 is 19.8 Å². The Morgan fingerprint density at radius 2 is 0.812 bits per heavy atom. The van der Waals surface area contributed by atoms with Crippen molar-refractivity contribution in [3.8, 4) is 0 Å². The fraction of sp³-hybridized carbons (Fsp3) is 0.925. The first kappa shape index (κ1) is 62.7. The lowest BCUT2D eigenvalue weighted by molar-refractivity contribution is -0.154. The molecule has 64 heavy (non-hydrogen) atoms. The molecule has 0 aliphatic carbocycles. The number of phosphoric acid groups is 1. The molecule has 0 radical (unpaired) electrons. The van der Waals surface area contributed by atoms with Crippen LogP contribution in [-0.2, 0) is 32.7 Å². The lowest BCUT2D eigenvalue weighted by Gasteiger charge is -2.20. The molecule has 0 amide bonds. The molecule has 3 unspecified atom stereocenters. The van der Waals surface area contributed by atoms with Crippen LogP contribution >= 0.6 is 7.82 Å². The number of rotatable bonds is 53. The van der Waals surface area contributed by atoms with Gasteiger partial charge in [-0.05, 0) is 38.5 Å². The van der Waals surface area contributed by atoms with Crippen molar-refractivity contribution < 1.29 is 42.7 Å². The standard InChI is InChI=1S/C53H104NO9P/c1-3-5-7-9-11-13-15-17-19-21-23-25-26-28-30-32-34-36-38-40-42-44-46-60-47-50(48-61-64(58,59)62-49-51(54)53(56)57)63-52(55)45-43-41-39-37-35-33-31-29-27-24-22-20-18-16-14-12-10-8-6-4-2/h21,23,50-51H,3-20,22,24-49,54H2,1-2H3,(H,56,57)(H,58,59)/b23-21-. The number of nitrogens with two attached hydrogens (primary N) is 1. The molecular weight excluding hydrogens is 826 g/mol. The predicted molar refractivity (Wildman–Crippen MR) is 268 cm³/mol. The van der Waals surface area contributed by atoms with Gasteiger partial charge in [-0.3, -0.25) is 18.6 Å². The van der Waals surface area contributed by atoms with E-state index in [9.17, 15) is 19.0 Å². The third kappa shape index (κ3) is 48.6. The monoisotopic (exact) mass is 930 g/mol. The summed E-state index contributed by atoms with van der Waals surface area (Å²) >= 11 is 0. The number of hydrogen-bond acceptors (Lipinski definition) is 8. The number of carbonyl (C=O) groups excluding carboxylic acids is 1. The first-order valence-electron chi connectivity index (χ1n) is 27.2. The molecule has 0 heterocycles. The van der Waals surface area contributed by atoms with E-state index in [4.69, 9.17) is 29.4 Å². The second-order valence-electron chi connectivity index (χ2n) is 18.7. The van der Waals surface area contributed by atoms with E-state index in [-0.39, 0.29) is 13.0 Å². The molecule has 0 rings (SSSR count). The maximum absolute atomic E-state index is 12.7. The molecule has 0 aromatic rings. The van der Waals surface area contributed by atoms with Crippen LogP contribution in [0, 0.1) is 0 Å². The summed E-state index contributed by atoms with van der Waals surface area (Å²) in [6.45, 7) is 3.95. The van der Waals surface area contributed by atoms with E-state index >= 15 is 0 Å². The number of allylic oxidation sites excluding steroid dienone is 2. The summed E-state index contributed by atoms with van der Waals surface area (Å²) in [5.74, 6) is -1.76. The zero-order valence-corrected chi connectivity index (χ0v) is 42.8. The Bertz CT molecular complexity index is 1080. The molecule has 0 aromatic carbocycles. The van der Waals surface area contributed by atoms with Crippen LogP contribution in [0.25, 0.3) is 0 Å². The number of carboxylic acids is 1. The van der Waals surface area contributed by atoms with Crippen LogP contribution in [-0.4, -0.2) is 60.5 Å². The van der Waals surface area contributed by atoms with E-state index < -0.39 is 45.1 Å². The molecular formula is C53H104NO9P. The van der Waals surface area contributed by atoms with Gasteiger partial charge in [0.2, 0.25) is 0 Å². The zero-order valence-electron chi connectivity index (χ0n) is 41.9. The largest absolute Gasteiger partial charge is 0.480 e. The van der Waals surface area contributed by atoms with Crippen molar-refractivity contribution in [1.82, 2.24) is 0 Å². The molecule has 4 N–H and O–H groups in total. The zero-order chi connectivity index (χ0) is 46.9. The Labute approximate surface area is 394 Å². The smallest absolute Gasteiger partial charge is 0.472 e. The highest BCUT2D eigenvalue weighted by Gasteiger charge is 2.27. The van der Waals surface area contributed by atoms with Crippen LogP contribution in [0.15, 0.2) is 12.2 Å². The average molecular weight is 930 g/mol. The molecule has 10 nitrogen and oxygen atoms in total. The van der Waals surface area contributed by atoms with Gasteiger partial charge in [0.05, 0.1) is 19.8 Å². The van der Waals surface area contributed by atoms with E-state index in [1.54, 1.807) is 0 Å². The summed E-state index contributed by atoms with van der Waals surface area (Å²) in [7, 11) is -4.62. The molecule has 380 valence electrons. The third-order valence-corrected chi connectivity index (χ3v) is 13.2. The Morgan fingerprint density at radius 3 is 1.19 bits per heavy atom. The van der Waals surface area contributed by atoms with Gasteiger partial charge in [-0.2, -0.15) is 0 Å². The van der Waals surface area contributed by atoms with E-state index in [1.165, 1.54) is 218 Å². The maximum atomic E-state index is 12.7. The van der Waals surface area contributed by atoms with E-state index in [0.717, 1.165) is 38.5 Å². The first-order chi connectivity index (χ1) is 31.2. The Morgan fingerprint density at radius 1 is 0.484 bits per heavy atom. The van der Waals surface area contributed by atoms with Crippen LogP contribution in [0.2, 0.25) is 0 Å². The molecule has 0 aliphatic rings. The molecule has 0 bridgehead atoms. The fourth-order valence-corrected chi connectivity index (χ4v) is 8.85. The summed E-state index contributed by atoms with van der Waals surface area (Å²) in [5.41, 5.74) is 5.38. The van der Waals surface area contributed by atoms with Gasteiger partial charge in [0.25, 0.3) is 0 Å². The fourth-order valence-electron chi connectivity index (χ4n) is 8.07. The lowest BCUT2D eigenvalue weighted by atomic mass is 10.0. The topological polar surface area (TPSA) is 155 Å². The van der Waals surface area contributed by atoms with Crippen LogP contribution < -0.4 is 5.73 Å². The van der Waals surface area contributed by atoms with Crippen molar-refractivity contribution in [1.29, 1.82) is 0 Å². The van der Waals surface area contributed by atoms with Crippen LogP contribution in [0.3, 0.4) is 0 Å². The summed E-state index contributed by atoms with van der Waals surface area (Å²) < 4.78 is 33.6. The van der Waals surface area contributed by atoms with Gasteiger partial charge in [-0.25, -0.2) is 4.57 Å². The van der Waals surface area contributed by atoms with Gasteiger partial charge in [0.15, 0.2) is 0 Å². The lowest BCUT2D eigenvalue weighted by Crippen LogP contribution is -2.34. The van der Waals surface area contributed by atoms with E-state index in [1.807, 2.05) is 0 Å². The summed E-state index contributed by atoms with van der Waals surface area (Å²) in [6.07, 6.45) is 55.6. The number of carboxylic acid groups (broad SMARTS) is 1. The Kier molecular flexibility index (Phi) is 48.6. The number of unbranched alkanes of at least 4 members (excludes halogenated alkanes) is 37. The van der Waals surface area contributed by atoms with Crippen molar-refractivity contribution in [3.05, 3.63) is 12.2 Å². The van der Waals surface area contributed by atoms with Crippen molar-refractivity contribution in [2.75, 3.05) is 26.4 Å². The van der Waals surface area contributed by atoms with Gasteiger partial charge in [0, 0.05) is 13.0 Å². The highest BCUT2D eigenvalue weighted by atomic mass is 31.2. The number of hydrogen-bond donors (Lipinski definition) is 3. The summed E-state index contributed by atoms with van der Waals surface area (Å²) in [6, 6.07) is -1.47. The average Bonchev–Trinajstić information content (AvgIpc) is 3.28. The van der Waals surface area contributed by atoms with E-state index in [2.05, 4.69) is 26.0 Å². The molecule has 0 saturated heterocycles. The normalized spacial score (nSPS) is 13.7. The summed E-state index contributed by atoms with van der Waals surface area (Å²) in [4.78, 5) is 33.7. The number of aliphatic carboxylic acids is 1. The number of phosphoric ester groups is 1. The van der Waals surface area contributed by atoms with Gasteiger partial charge in [0.1, 0.15) is 12.1 Å². The van der Waals surface area contributed by atoms with Crippen molar-refractivity contribution >= 4 is 19.8 Å². The number of esters is 1. The molecule has 0 saturated carbocycles. The quantitative estimate of drug-likeness (QED) is 0.0232. The van der Waals surface area contributed by atoms with Crippen LogP contribution in [0.1, 0.15) is 277 Å². The minimum atomic E-state index is -4.62. The van der Waals surface area contributed by atoms with Crippen LogP contribution in [0.4, 0.5) is 0 Å². The molecule has 11 heteroatoms. The Balaban J connectivity index is 4.06. The minimum Gasteiger partial charge on any atom is -0.480 e. The molecule has 3 atom stereocenters. The summed E-state index contributed by atoms with van der Waals surface area (Å²) in [5, 5.41) is 8.94. The molecule has 0 aliphatic heterocycles. The number of carbonyl (C=O) groups is 2. The van der Waals surface area contributed by atoms with E-state index in [0.29, 0.717) is 6.61 Å². The van der Waals surface area contributed by atoms with Crippen molar-refractivity contribution in [2.45, 2.75) is 289 Å². The maximum Gasteiger partial charge on any atom is 0.472 e. The van der Waals surface area contributed by atoms with Gasteiger partial charge in [-0.15, -0.1) is 0 Å². The van der Waals surface area contributed by atoms with Crippen molar-refractivity contribution in [2.24, 2.45) is 5.73 Å². The minimum absolute atomic E-state index is 0.0225. The molecule has 0 aromatic heterocycles. The highest BCUT2D eigenvalue weighted by Crippen LogP contribution is 2.43. The first-order valence-corrected chi connectivity index (χ1v) is 28.7. The molecule has 0 fully saturated rings. The SMILES string of the molecule is CCCCCCCCCC/C=C\CCCCCCCCCCCCOCC(COP(=O)(O)OCC(N)C(=O)O)OC(=O)CCCCCCCCCCCCCCCCCCCCCC. The second kappa shape index (κ2) is 49.6. The van der Waals surface area contributed by atoms with Gasteiger partial charge in [-0.1, -0.05) is 244 Å². The third-order valence-electron chi connectivity index (χ3n) is 12.3. The molecule has 0 spiro atoms. The number of ether oxygens (including phenoxy) is 2. The highest BCUT2D eigenvalue weighted by molar-refractivity contribution is 7.47. The predicted octanol–water partition coefficient (Wildman–Crippen LogP) is 16.1. The Hall–Kier alpha value is -1.29. The van der Waals surface area contributed by atoms with Gasteiger partial charge < -0.3 is 25.2 Å². The van der Waals surface area contributed by atoms with Crippen molar-refractivity contribution in [3.63, 3.8) is 0 Å².